The molecule has 2 rings (SSSR count). The van der Waals surface area contributed by atoms with E-state index in [1.54, 1.807) is 0 Å². The van der Waals surface area contributed by atoms with E-state index < -0.39 is 0 Å². The minimum Gasteiger partial charge on any atom is -0.376 e. The monoisotopic (exact) mass is 296 g/mol. The highest BCUT2D eigenvalue weighted by atomic mass is 16.5. The SMILES string of the molecule is CC1(N)CCCCC1C(=O)NCCOC1CCCCCC1. The zero-order chi connectivity index (χ0) is 15.1. The Labute approximate surface area is 129 Å². The molecule has 2 fully saturated rings. The standard InChI is InChI=1S/C17H32N2O2/c1-17(18)11-7-6-10-15(17)16(20)19-12-13-21-14-8-4-2-3-5-9-14/h14-15H,2-13,18H2,1H3,(H,19,20). The molecule has 2 unspecified atom stereocenters. The lowest BCUT2D eigenvalue weighted by atomic mass is 9.74. The molecule has 2 aliphatic rings. The van der Waals surface area contributed by atoms with Crippen LogP contribution in [-0.2, 0) is 9.53 Å². The highest BCUT2D eigenvalue weighted by molar-refractivity contribution is 5.80. The van der Waals surface area contributed by atoms with Gasteiger partial charge in [-0.3, -0.25) is 4.79 Å². The van der Waals surface area contributed by atoms with Crippen molar-refractivity contribution in [3.05, 3.63) is 0 Å². The van der Waals surface area contributed by atoms with Crippen molar-refractivity contribution >= 4 is 5.91 Å². The van der Waals surface area contributed by atoms with Crippen molar-refractivity contribution < 1.29 is 9.53 Å². The summed E-state index contributed by atoms with van der Waals surface area (Å²) in [4.78, 5) is 12.3. The van der Waals surface area contributed by atoms with E-state index in [0.29, 0.717) is 19.3 Å². The first-order valence-corrected chi connectivity index (χ1v) is 8.78. The maximum atomic E-state index is 12.3. The van der Waals surface area contributed by atoms with Crippen LogP contribution >= 0.6 is 0 Å². The number of nitrogens with two attached hydrogens (primary N) is 1. The number of hydrogen-bond donors (Lipinski definition) is 2. The van der Waals surface area contributed by atoms with E-state index in [9.17, 15) is 4.79 Å². The number of rotatable bonds is 5. The summed E-state index contributed by atoms with van der Waals surface area (Å²) in [6.45, 7) is 3.25. The van der Waals surface area contributed by atoms with Crippen LogP contribution in [0.5, 0.6) is 0 Å². The fourth-order valence-electron chi connectivity index (χ4n) is 3.72. The molecule has 0 saturated heterocycles. The van der Waals surface area contributed by atoms with Gasteiger partial charge < -0.3 is 15.8 Å². The van der Waals surface area contributed by atoms with Gasteiger partial charge in [0.05, 0.1) is 18.6 Å². The largest absolute Gasteiger partial charge is 0.376 e. The van der Waals surface area contributed by atoms with Crippen molar-refractivity contribution in [3.63, 3.8) is 0 Å². The summed E-state index contributed by atoms with van der Waals surface area (Å²) in [5.74, 6) is 0.0771. The van der Waals surface area contributed by atoms with Crippen LogP contribution < -0.4 is 11.1 Å². The predicted molar refractivity (Wildman–Crippen MR) is 85.0 cm³/mol. The summed E-state index contributed by atoms with van der Waals surface area (Å²) in [6, 6.07) is 0. The van der Waals surface area contributed by atoms with E-state index >= 15 is 0 Å². The van der Waals surface area contributed by atoms with Crippen molar-refractivity contribution in [2.24, 2.45) is 11.7 Å². The Balaban J connectivity index is 1.64. The number of nitrogens with one attached hydrogen (secondary N) is 1. The molecular weight excluding hydrogens is 264 g/mol. The van der Waals surface area contributed by atoms with E-state index in [-0.39, 0.29) is 17.4 Å². The first-order valence-electron chi connectivity index (χ1n) is 8.78. The molecule has 0 aromatic heterocycles. The molecule has 4 heteroatoms. The van der Waals surface area contributed by atoms with Crippen LogP contribution in [-0.4, -0.2) is 30.7 Å². The van der Waals surface area contributed by atoms with E-state index in [1.165, 1.54) is 38.5 Å². The minimum absolute atomic E-state index is 0.0378. The molecule has 1 amide bonds. The summed E-state index contributed by atoms with van der Waals surface area (Å²) in [6.07, 6.45) is 12.1. The third-order valence-corrected chi connectivity index (χ3v) is 5.13. The van der Waals surface area contributed by atoms with Crippen molar-refractivity contribution in [1.29, 1.82) is 0 Å². The topological polar surface area (TPSA) is 64.4 Å². The second-order valence-corrected chi connectivity index (χ2v) is 7.08. The highest BCUT2D eigenvalue weighted by Crippen LogP contribution is 2.31. The molecule has 0 aliphatic heterocycles. The van der Waals surface area contributed by atoms with Gasteiger partial charge >= 0.3 is 0 Å². The number of amides is 1. The van der Waals surface area contributed by atoms with Gasteiger partial charge in [-0.2, -0.15) is 0 Å². The average Bonchev–Trinajstić information content (AvgIpc) is 2.71. The second-order valence-electron chi connectivity index (χ2n) is 7.08. The van der Waals surface area contributed by atoms with Crippen LogP contribution in [0.2, 0.25) is 0 Å². The molecule has 4 nitrogen and oxygen atoms in total. The van der Waals surface area contributed by atoms with Gasteiger partial charge in [-0.05, 0) is 32.6 Å². The van der Waals surface area contributed by atoms with Crippen molar-refractivity contribution in [2.45, 2.75) is 82.8 Å². The minimum atomic E-state index is -0.343. The molecular formula is C17H32N2O2. The maximum Gasteiger partial charge on any atom is 0.225 e. The van der Waals surface area contributed by atoms with Gasteiger partial charge in [0, 0.05) is 12.1 Å². The summed E-state index contributed by atoms with van der Waals surface area (Å²) in [7, 11) is 0. The molecule has 0 bridgehead atoms. The fraction of sp³-hybridized carbons (Fsp3) is 0.941. The molecule has 0 radical (unpaired) electrons. The molecule has 2 saturated carbocycles. The fourth-order valence-corrected chi connectivity index (χ4v) is 3.72. The third kappa shape index (κ3) is 5.26. The number of hydrogen-bond acceptors (Lipinski definition) is 3. The molecule has 122 valence electrons. The first-order chi connectivity index (χ1) is 10.1. The number of carbonyl (C=O) groups excluding carboxylic acids is 1. The van der Waals surface area contributed by atoms with Gasteiger partial charge in [-0.25, -0.2) is 0 Å². The lowest BCUT2D eigenvalue weighted by Gasteiger charge is -2.37. The summed E-state index contributed by atoms with van der Waals surface area (Å²) >= 11 is 0. The number of ether oxygens (including phenoxy) is 1. The van der Waals surface area contributed by atoms with E-state index in [1.807, 2.05) is 6.92 Å². The van der Waals surface area contributed by atoms with Crippen LogP contribution in [0.3, 0.4) is 0 Å². The molecule has 0 spiro atoms. The zero-order valence-electron chi connectivity index (χ0n) is 13.5. The molecule has 0 heterocycles. The highest BCUT2D eigenvalue weighted by Gasteiger charge is 2.37. The Hall–Kier alpha value is -0.610. The summed E-state index contributed by atoms with van der Waals surface area (Å²) in [5, 5.41) is 3.02. The molecule has 3 N–H and O–H groups in total. The third-order valence-electron chi connectivity index (χ3n) is 5.13. The summed E-state index contributed by atoms with van der Waals surface area (Å²) in [5.41, 5.74) is 5.93. The molecule has 21 heavy (non-hydrogen) atoms. The van der Waals surface area contributed by atoms with Gasteiger partial charge in [0.2, 0.25) is 5.91 Å². The quantitative estimate of drug-likeness (QED) is 0.605. The Bertz CT molecular complexity index is 323. The number of carbonyl (C=O) groups is 1. The summed E-state index contributed by atoms with van der Waals surface area (Å²) < 4.78 is 5.91. The van der Waals surface area contributed by atoms with E-state index in [0.717, 1.165) is 25.7 Å². The maximum absolute atomic E-state index is 12.3. The van der Waals surface area contributed by atoms with E-state index in [2.05, 4.69) is 5.32 Å². The predicted octanol–water partition coefficient (Wildman–Crippen LogP) is 2.75. The first kappa shape index (κ1) is 16.8. The van der Waals surface area contributed by atoms with Crippen molar-refractivity contribution in [2.75, 3.05) is 13.2 Å². The van der Waals surface area contributed by atoms with Gasteiger partial charge in [-0.1, -0.05) is 38.5 Å². The molecule has 2 atom stereocenters. The van der Waals surface area contributed by atoms with Crippen molar-refractivity contribution in [3.8, 4) is 0 Å². The Morgan fingerprint density at radius 2 is 1.81 bits per heavy atom. The Morgan fingerprint density at radius 3 is 2.48 bits per heavy atom. The van der Waals surface area contributed by atoms with Gasteiger partial charge in [-0.15, -0.1) is 0 Å². The lowest BCUT2D eigenvalue weighted by Crippen LogP contribution is -2.53. The normalized spacial score (nSPS) is 31.6. The van der Waals surface area contributed by atoms with Gasteiger partial charge in [0.1, 0.15) is 0 Å². The zero-order valence-corrected chi connectivity index (χ0v) is 13.5. The van der Waals surface area contributed by atoms with Crippen LogP contribution in [0.4, 0.5) is 0 Å². The van der Waals surface area contributed by atoms with Crippen LogP contribution in [0.1, 0.15) is 71.1 Å². The van der Waals surface area contributed by atoms with Crippen LogP contribution in [0.15, 0.2) is 0 Å². The van der Waals surface area contributed by atoms with Crippen LogP contribution in [0.25, 0.3) is 0 Å². The Morgan fingerprint density at radius 1 is 1.14 bits per heavy atom. The second kappa shape index (κ2) is 8.14. The van der Waals surface area contributed by atoms with Crippen molar-refractivity contribution in [1.82, 2.24) is 5.32 Å². The van der Waals surface area contributed by atoms with Gasteiger partial charge in [0.25, 0.3) is 0 Å². The molecule has 0 aromatic rings. The average molecular weight is 296 g/mol. The molecule has 2 aliphatic carbocycles. The Kier molecular flexibility index (Phi) is 6.49. The van der Waals surface area contributed by atoms with Crippen LogP contribution in [0, 0.1) is 5.92 Å². The molecule has 0 aromatic carbocycles. The smallest absolute Gasteiger partial charge is 0.225 e. The lowest BCUT2D eigenvalue weighted by molar-refractivity contribution is -0.128. The van der Waals surface area contributed by atoms with E-state index in [4.69, 9.17) is 10.5 Å². The van der Waals surface area contributed by atoms with Gasteiger partial charge in [0.15, 0.2) is 0 Å².